The summed E-state index contributed by atoms with van der Waals surface area (Å²) >= 11 is 6.88. The third-order valence-corrected chi connectivity index (χ3v) is 4.77. The Bertz CT molecular complexity index is 958. The van der Waals surface area contributed by atoms with Gasteiger partial charge in [0.05, 0.1) is 12.3 Å². The highest BCUT2D eigenvalue weighted by Crippen LogP contribution is 2.31. The average Bonchev–Trinajstić information content (AvgIpc) is 3.12. The van der Waals surface area contributed by atoms with E-state index in [-0.39, 0.29) is 13.2 Å². The number of carbonyl (C=O) groups excluding carboxylic acids is 2. The minimum Gasteiger partial charge on any atom is -0.484 e. The smallest absolute Gasteiger partial charge is 0.350 e. The molecule has 0 aliphatic rings. The van der Waals surface area contributed by atoms with E-state index in [9.17, 15) is 9.59 Å². The highest BCUT2D eigenvalue weighted by molar-refractivity contribution is 7.18. The molecular weight excluding hydrogens is 400 g/mol. The van der Waals surface area contributed by atoms with Crippen LogP contribution in [0, 0.1) is 0 Å². The lowest BCUT2D eigenvalue weighted by Gasteiger charge is -2.05. The molecule has 0 fully saturated rings. The first-order chi connectivity index (χ1) is 13.6. The first-order valence-corrected chi connectivity index (χ1v) is 9.68. The molecule has 6 nitrogen and oxygen atoms in total. The second kappa shape index (κ2) is 9.34. The zero-order valence-electron chi connectivity index (χ0n) is 15.0. The first-order valence-electron chi connectivity index (χ1n) is 8.48. The molecule has 0 spiro atoms. The van der Waals surface area contributed by atoms with Crippen molar-refractivity contribution in [2.24, 2.45) is 0 Å². The fourth-order valence-electron chi connectivity index (χ4n) is 2.34. The van der Waals surface area contributed by atoms with E-state index in [0.29, 0.717) is 26.5 Å². The number of rotatable bonds is 7. The summed E-state index contributed by atoms with van der Waals surface area (Å²) in [4.78, 5) is 29.2. The van der Waals surface area contributed by atoms with E-state index >= 15 is 0 Å². The van der Waals surface area contributed by atoms with E-state index in [4.69, 9.17) is 21.1 Å². The number of nitrogens with zero attached hydrogens (tertiary/aromatic N) is 1. The van der Waals surface area contributed by atoms with Crippen molar-refractivity contribution in [2.45, 2.75) is 6.92 Å². The summed E-state index contributed by atoms with van der Waals surface area (Å²) in [5.41, 5.74) is 1.23. The molecule has 0 atom stereocenters. The number of ether oxygens (including phenoxy) is 2. The van der Waals surface area contributed by atoms with Crippen LogP contribution in [-0.2, 0) is 9.53 Å². The SMILES string of the molecule is CCOC(=O)c1sc(NC(=O)COc2ccc(Cl)cc2)nc1-c1ccccc1. The van der Waals surface area contributed by atoms with Crippen LogP contribution in [0.5, 0.6) is 5.75 Å². The average molecular weight is 417 g/mol. The monoisotopic (exact) mass is 416 g/mol. The van der Waals surface area contributed by atoms with Crippen molar-refractivity contribution in [1.82, 2.24) is 4.98 Å². The number of esters is 1. The number of nitrogens with one attached hydrogen (secondary N) is 1. The van der Waals surface area contributed by atoms with Crippen molar-refractivity contribution < 1.29 is 19.1 Å². The molecule has 1 amide bonds. The van der Waals surface area contributed by atoms with Crippen LogP contribution in [0.25, 0.3) is 11.3 Å². The molecule has 2 aromatic carbocycles. The Morgan fingerprint density at radius 3 is 2.50 bits per heavy atom. The fraction of sp³-hybridized carbons (Fsp3) is 0.150. The molecule has 0 unspecified atom stereocenters. The minimum atomic E-state index is -0.475. The van der Waals surface area contributed by atoms with E-state index in [1.165, 1.54) is 0 Å². The summed E-state index contributed by atoms with van der Waals surface area (Å²) in [6.07, 6.45) is 0. The number of amides is 1. The number of hydrogen-bond acceptors (Lipinski definition) is 6. The molecule has 3 rings (SSSR count). The minimum absolute atomic E-state index is 0.198. The summed E-state index contributed by atoms with van der Waals surface area (Å²) < 4.78 is 10.5. The predicted molar refractivity (Wildman–Crippen MR) is 109 cm³/mol. The Labute approximate surface area is 171 Å². The quantitative estimate of drug-likeness (QED) is 0.567. The molecule has 28 heavy (non-hydrogen) atoms. The molecule has 1 aromatic heterocycles. The van der Waals surface area contributed by atoms with Gasteiger partial charge in [-0.2, -0.15) is 0 Å². The second-order valence-electron chi connectivity index (χ2n) is 5.57. The molecule has 1 heterocycles. The van der Waals surface area contributed by atoms with E-state index < -0.39 is 11.9 Å². The third-order valence-electron chi connectivity index (χ3n) is 3.57. The van der Waals surface area contributed by atoms with Crippen molar-refractivity contribution in [3.8, 4) is 17.0 Å². The normalized spacial score (nSPS) is 10.4. The maximum absolute atomic E-state index is 12.3. The molecule has 0 saturated carbocycles. The van der Waals surface area contributed by atoms with Gasteiger partial charge in [0.15, 0.2) is 11.7 Å². The number of thiazole rings is 1. The highest BCUT2D eigenvalue weighted by atomic mass is 35.5. The standard InChI is InChI=1S/C20H17ClN2O4S/c1-2-26-19(25)18-17(13-6-4-3-5-7-13)23-20(28-18)22-16(24)12-27-15-10-8-14(21)9-11-15/h3-11H,2,12H2,1H3,(H,22,23,24). The van der Waals surface area contributed by atoms with Crippen LogP contribution in [0.4, 0.5) is 5.13 Å². The third kappa shape index (κ3) is 5.09. The van der Waals surface area contributed by atoms with Crippen molar-refractivity contribution in [1.29, 1.82) is 0 Å². The Morgan fingerprint density at radius 1 is 1.11 bits per heavy atom. The zero-order chi connectivity index (χ0) is 19.9. The number of aromatic nitrogens is 1. The number of anilines is 1. The first kappa shape index (κ1) is 19.9. The second-order valence-corrected chi connectivity index (χ2v) is 7.01. The van der Waals surface area contributed by atoms with E-state index in [0.717, 1.165) is 16.9 Å². The summed E-state index contributed by atoms with van der Waals surface area (Å²) in [5.74, 6) is -0.341. The lowest BCUT2D eigenvalue weighted by atomic mass is 10.1. The summed E-state index contributed by atoms with van der Waals surface area (Å²) in [7, 11) is 0. The summed E-state index contributed by atoms with van der Waals surface area (Å²) in [6, 6.07) is 15.9. The van der Waals surface area contributed by atoms with Crippen LogP contribution in [0.1, 0.15) is 16.6 Å². The Balaban J connectivity index is 1.73. The molecule has 3 aromatic rings. The van der Waals surface area contributed by atoms with E-state index in [1.807, 2.05) is 30.3 Å². The molecule has 1 N–H and O–H groups in total. The van der Waals surface area contributed by atoms with Crippen molar-refractivity contribution >= 4 is 39.9 Å². The molecule has 8 heteroatoms. The summed E-state index contributed by atoms with van der Waals surface area (Å²) in [5, 5.41) is 3.54. The summed E-state index contributed by atoms with van der Waals surface area (Å²) in [6.45, 7) is 1.79. The van der Waals surface area contributed by atoms with Gasteiger partial charge in [0.25, 0.3) is 5.91 Å². The Morgan fingerprint density at radius 2 is 1.82 bits per heavy atom. The van der Waals surface area contributed by atoms with E-state index in [2.05, 4.69) is 10.3 Å². The molecule has 0 aliphatic heterocycles. The van der Waals surface area contributed by atoms with Gasteiger partial charge in [-0.25, -0.2) is 9.78 Å². The maximum atomic E-state index is 12.3. The van der Waals surface area contributed by atoms with Crippen LogP contribution in [0.2, 0.25) is 5.02 Å². The van der Waals surface area contributed by atoms with Crippen molar-refractivity contribution in [3.05, 3.63) is 64.5 Å². The van der Waals surface area contributed by atoms with Crippen LogP contribution >= 0.6 is 22.9 Å². The molecule has 0 saturated heterocycles. The highest BCUT2D eigenvalue weighted by Gasteiger charge is 2.21. The molecule has 0 bridgehead atoms. The van der Waals surface area contributed by atoms with Crippen molar-refractivity contribution in [3.63, 3.8) is 0 Å². The van der Waals surface area contributed by atoms with Gasteiger partial charge in [-0.3, -0.25) is 10.1 Å². The number of benzene rings is 2. The number of carbonyl (C=O) groups is 2. The zero-order valence-corrected chi connectivity index (χ0v) is 16.5. The van der Waals surface area contributed by atoms with Gasteiger partial charge >= 0.3 is 5.97 Å². The number of halogens is 1. The van der Waals surface area contributed by atoms with Crippen molar-refractivity contribution in [2.75, 3.05) is 18.5 Å². The van der Waals surface area contributed by atoms with Gasteiger partial charge < -0.3 is 9.47 Å². The Hall–Kier alpha value is -2.90. The lowest BCUT2D eigenvalue weighted by Crippen LogP contribution is -2.20. The largest absolute Gasteiger partial charge is 0.484 e. The van der Waals surface area contributed by atoms with Crippen LogP contribution in [0.15, 0.2) is 54.6 Å². The molecule has 144 valence electrons. The van der Waals surface area contributed by atoms with Gasteiger partial charge in [-0.05, 0) is 31.2 Å². The van der Waals surface area contributed by atoms with Gasteiger partial charge in [-0.1, -0.05) is 53.3 Å². The predicted octanol–water partition coefficient (Wildman–Crippen LogP) is 4.66. The lowest BCUT2D eigenvalue weighted by molar-refractivity contribution is -0.118. The molecular formula is C20H17ClN2O4S. The topological polar surface area (TPSA) is 77.5 Å². The van der Waals surface area contributed by atoms with Gasteiger partial charge in [-0.15, -0.1) is 0 Å². The number of hydrogen-bond donors (Lipinski definition) is 1. The van der Waals surface area contributed by atoms with Crippen LogP contribution in [0.3, 0.4) is 0 Å². The maximum Gasteiger partial charge on any atom is 0.350 e. The van der Waals surface area contributed by atoms with Crippen LogP contribution in [-0.4, -0.2) is 30.1 Å². The molecule has 0 radical (unpaired) electrons. The van der Waals surface area contributed by atoms with Gasteiger partial charge in [0.1, 0.15) is 10.6 Å². The Kier molecular flexibility index (Phi) is 6.62. The fourth-order valence-corrected chi connectivity index (χ4v) is 3.36. The van der Waals surface area contributed by atoms with Gasteiger partial charge in [0, 0.05) is 10.6 Å². The molecule has 0 aliphatic carbocycles. The van der Waals surface area contributed by atoms with Gasteiger partial charge in [0.2, 0.25) is 0 Å². The van der Waals surface area contributed by atoms with Crippen LogP contribution < -0.4 is 10.1 Å². The van der Waals surface area contributed by atoms with E-state index in [1.54, 1.807) is 31.2 Å².